The lowest BCUT2D eigenvalue weighted by molar-refractivity contribution is 0.859. The molecule has 0 aliphatic heterocycles. The van der Waals surface area contributed by atoms with E-state index in [0.717, 1.165) is 15.7 Å². The Hall–Kier alpha value is -1.59. The van der Waals surface area contributed by atoms with E-state index in [9.17, 15) is 4.79 Å². The lowest BCUT2D eigenvalue weighted by Gasteiger charge is -2.06. The first-order chi connectivity index (χ1) is 9.56. The van der Waals surface area contributed by atoms with Gasteiger partial charge in [0.2, 0.25) is 0 Å². The van der Waals surface area contributed by atoms with E-state index in [2.05, 4.69) is 26.0 Å². The number of halogens is 2. The molecule has 0 atom stereocenters. The van der Waals surface area contributed by atoms with E-state index < -0.39 is 0 Å². The number of benzene rings is 1. The van der Waals surface area contributed by atoms with Gasteiger partial charge in [-0.05, 0) is 40.5 Å². The van der Waals surface area contributed by atoms with E-state index in [-0.39, 0.29) is 5.56 Å². The molecule has 3 aromatic rings. The van der Waals surface area contributed by atoms with E-state index in [1.807, 2.05) is 25.1 Å². The first-order valence-electron chi connectivity index (χ1n) is 6.06. The van der Waals surface area contributed by atoms with Crippen molar-refractivity contribution in [3.8, 4) is 0 Å². The summed E-state index contributed by atoms with van der Waals surface area (Å²) in [7, 11) is 0. The Morgan fingerprint density at radius 1 is 1.40 bits per heavy atom. The molecule has 1 N–H and O–H groups in total. The van der Waals surface area contributed by atoms with Crippen LogP contribution < -0.4 is 5.56 Å². The van der Waals surface area contributed by atoms with E-state index in [0.29, 0.717) is 22.7 Å². The molecule has 102 valence electrons. The van der Waals surface area contributed by atoms with Gasteiger partial charge in [0.25, 0.3) is 5.56 Å². The monoisotopic (exact) mass is 351 g/mol. The molecule has 2 aromatic heterocycles. The predicted molar refractivity (Wildman–Crippen MR) is 82.5 cm³/mol. The summed E-state index contributed by atoms with van der Waals surface area (Å²) in [6.45, 7) is 1.85. The molecule has 0 unspecified atom stereocenters. The molecule has 4 nitrogen and oxygen atoms in total. The van der Waals surface area contributed by atoms with Crippen LogP contribution in [0.25, 0.3) is 5.65 Å². The summed E-state index contributed by atoms with van der Waals surface area (Å²) in [5.41, 5.74) is 2.95. The number of aromatic nitrogens is 3. The number of hydrogen-bond donors (Lipinski definition) is 1. The van der Waals surface area contributed by atoms with Crippen LogP contribution in [0.1, 0.15) is 16.8 Å². The van der Waals surface area contributed by atoms with Gasteiger partial charge in [0.05, 0.1) is 5.02 Å². The predicted octanol–water partition coefficient (Wildman–Crippen LogP) is 3.34. The molecule has 0 saturated carbocycles. The fraction of sp³-hybridized carbons (Fsp3) is 0.143. The molecule has 0 saturated heterocycles. The number of aromatic amines is 1. The molecule has 3 rings (SSSR count). The van der Waals surface area contributed by atoms with Crippen LogP contribution in [0.4, 0.5) is 0 Å². The van der Waals surface area contributed by atoms with Crippen LogP contribution in [0.2, 0.25) is 5.02 Å². The maximum absolute atomic E-state index is 12.4. The summed E-state index contributed by atoms with van der Waals surface area (Å²) in [6.07, 6.45) is 2.20. The Morgan fingerprint density at radius 2 is 2.20 bits per heavy atom. The SMILES string of the molecule is Cc1nc2cc[nH]n2c(=O)c1Cc1ccc(Br)c(Cl)c1. The molecule has 0 bridgehead atoms. The highest BCUT2D eigenvalue weighted by Crippen LogP contribution is 2.24. The number of H-pyrrole nitrogens is 1. The van der Waals surface area contributed by atoms with Crippen LogP contribution >= 0.6 is 27.5 Å². The highest BCUT2D eigenvalue weighted by molar-refractivity contribution is 9.10. The number of aryl methyl sites for hydroxylation is 1. The Morgan fingerprint density at radius 3 is 2.95 bits per heavy atom. The van der Waals surface area contributed by atoms with E-state index in [4.69, 9.17) is 11.6 Å². The fourth-order valence-electron chi connectivity index (χ4n) is 2.16. The minimum atomic E-state index is -0.0726. The van der Waals surface area contributed by atoms with Gasteiger partial charge in [-0.2, -0.15) is 0 Å². The second-order valence-electron chi connectivity index (χ2n) is 4.56. The lowest BCUT2D eigenvalue weighted by atomic mass is 10.1. The third-order valence-electron chi connectivity index (χ3n) is 3.21. The van der Waals surface area contributed by atoms with Gasteiger partial charge in [0.15, 0.2) is 5.65 Å². The van der Waals surface area contributed by atoms with Crippen LogP contribution in [0, 0.1) is 6.92 Å². The second-order valence-corrected chi connectivity index (χ2v) is 5.82. The van der Waals surface area contributed by atoms with Gasteiger partial charge >= 0.3 is 0 Å². The number of hydrogen-bond acceptors (Lipinski definition) is 2. The first-order valence-corrected chi connectivity index (χ1v) is 7.23. The van der Waals surface area contributed by atoms with E-state index >= 15 is 0 Å². The highest BCUT2D eigenvalue weighted by Gasteiger charge is 2.11. The quantitative estimate of drug-likeness (QED) is 0.769. The summed E-state index contributed by atoms with van der Waals surface area (Å²) in [5.74, 6) is 0. The van der Waals surface area contributed by atoms with Crippen molar-refractivity contribution < 1.29 is 0 Å². The van der Waals surface area contributed by atoms with Gasteiger partial charge in [0.1, 0.15) is 0 Å². The summed E-state index contributed by atoms with van der Waals surface area (Å²) in [4.78, 5) is 16.8. The van der Waals surface area contributed by atoms with E-state index in [1.54, 1.807) is 12.3 Å². The average Bonchev–Trinajstić information content (AvgIpc) is 2.87. The zero-order valence-electron chi connectivity index (χ0n) is 10.7. The molecule has 0 radical (unpaired) electrons. The van der Waals surface area contributed by atoms with Crippen molar-refractivity contribution in [2.45, 2.75) is 13.3 Å². The van der Waals surface area contributed by atoms with Crippen LogP contribution in [-0.4, -0.2) is 14.6 Å². The largest absolute Gasteiger partial charge is 0.297 e. The van der Waals surface area contributed by atoms with Crippen molar-refractivity contribution in [3.63, 3.8) is 0 Å². The maximum atomic E-state index is 12.4. The topological polar surface area (TPSA) is 50.2 Å². The number of nitrogens with one attached hydrogen (secondary N) is 1. The molecule has 2 heterocycles. The molecule has 20 heavy (non-hydrogen) atoms. The van der Waals surface area contributed by atoms with Crippen molar-refractivity contribution in [1.82, 2.24) is 14.6 Å². The smallest absolute Gasteiger partial charge is 0.276 e. The van der Waals surface area contributed by atoms with Crippen molar-refractivity contribution >= 4 is 33.2 Å². The van der Waals surface area contributed by atoms with Gasteiger partial charge in [-0.3, -0.25) is 9.89 Å². The standard InChI is InChI=1S/C14H11BrClN3O/c1-8-10(6-9-2-3-11(15)12(16)7-9)14(20)19-13(18-8)4-5-17-19/h2-5,7,17H,6H2,1H3. The van der Waals surface area contributed by atoms with Gasteiger partial charge in [0, 0.05) is 34.4 Å². The second kappa shape index (κ2) is 5.07. The Bertz CT molecular complexity index is 853. The molecule has 0 spiro atoms. The maximum Gasteiger partial charge on any atom is 0.276 e. The zero-order chi connectivity index (χ0) is 14.3. The normalized spacial score (nSPS) is 11.2. The van der Waals surface area contributed by atoms with Crippen LogP contribution in [0.3, 0.4) is 0 Å². The van der Waals surface area contributed by atoms with Gasteiger partial charge in [-0.1, -0.05) is 17.7 Å². The first kappa shape index (κ1) is 13.4. The molecule has 0 aliphatic rings. The summed E-state index contributed by atoms with van der Waals surface area (Å²) >= 11 is 9.44. The average molecular weight is 353 g/mol. The Labute approximate surface area is 128 Å². The van der Waals surface area contributed by atoms with Gasteiger partial charge in [-0.25, -0.2) is 9.50 Å². The fourth-order valence-corrected chi connectivity index (χ4v) is 2.61. The van der Waals surface area contributed by atoms with Crippen molar-refractivity contribution in [2.75, 3.05) is 0 Å². The van der Waals surface area contributed by atoms with Crippen LogP contribution in [0.15, 0.2) is 39.7 Å². The Kier molecular flexibility index (Phi) is 3.40. The van der Waals surface area contributed by atoms with E-state index in [1.165, 1.54) is 4.52 Å². The van der Waals surface area contributed by atoms with Crippen LogP contribution in [0.5, 0.6) is 0 Å². The third kappa shape index (κ3) is 2.27. The number of nitrogens with zero attached hydrogens (tertiary/aromatic N) is 2. The molecule has 1 aromatic carbocycles. The van der Waals surface area contributed by atoms with Crippen molar-refractivity contribution in [2.24, 2.45) is 0 Å². The van der Waals surface area contributed by atoms with Gasteiger partial charge in [-0.15, -0.1) is 0 Å². The molecular formula is C14H11BrClN3O. The third-order valence-corrected chi connectivity index (χ3v) is 4.44. The molecule has 0 fully saturated rings. The molecule has 6 heteroatoms. The molecule has 0 amide bonds. The minimum absolute atomic E-state index is 0.0726. The minimum Gasteiger partial charge on any atom is -0.297 e. The summed E-state index contributed by atoms with van der Waals surface area (Å²) in [5, 5.41) is 3.50. The molecule has 0 aliphatic carbocycles. The van der Waals surface area contributed by atoms with Crippen molar-refractivity contribution in [1.29, 1.82) is 0 Å². The van der Waals surface area contributed by atoms with Gasteiger partial charge < -0.3 is 0 Å². The highest BCUT2D eigenvalue weighted by atomic mass is 79.9. The number of rotatable bonds is 2. The Balaban J connectivity index is 2.10. The number of fused-ring (bicyclic) bond motifs is 1. The molecular weight excluding hydrogens is 342 g/mol. The lowest BCUT2D eigenvalue weighted by Crippen LogP contribution is -2.21. The zero-order valence-corrected chi connectivity index (χ0v) is 13.0. The summed E-state index contributed by atoms with van der Waals surface area (Å²) < 4.78 is 2.29. The van der Waals surface area contributed by atoms with Crippen LogP contribution in [-0.2, 0) is 6.42 Å². The summed E-state index contributed by atoms with van der Waals surface area (Å²) in [6, 6.07) is 7.45. The van der Waals surface area contributed by atoms with Crippen molar-refractivity contribution in [3.05, 3.63) is 67.1 Å².